The van der Waals surface area contributed by atoms with Crippen molar-refractivity contribution in [2.45, 2.75) is 19.3 Å². The van der Waals surface area contributed by atoms with Crippen molar-refractivity contribution in [1.82, 2.24) is 0 Å². The highest BCUT2D eigenvalue weighted by molar-refractivity contribution is 5.36. The van der Waals surface area contributed by atoms with Gasteiger partial charge in [0.15, 0.2) is 0 Å². The van der Waals surface area contributed by atoms with E-state index in [1.165, 1.54) is 11.1 Å². The molecule has 0 unspecified atom stereocenters. The molecule has 0 bridgehead atoms. The molecule has 0 radical (unpaired) electrons. The summed E-state index contributed by atoms with van der Waals surface area (Å²) in [5.74, 6) is 0. The molecule has 17 heavy (non-hydrogen) atoms. The average molecular weight is 226 g/mol. The molecule has 0 saturated heterocycles. The Morgan fingerprint density at radius 1 is 0.706 bits per heavy atom. The molecule has 0 aromatic heterocycles. The fraction of sp³-hybridized carbons (Fsp3) is 0.188. The molecule has 0 N–H and O–H groups in total. The second kappa shape index (κ2) is 6.00. The van der Waals surface area contributed by atoms with Gasteiger partial charge in [-0.1, -0.05) is 74.5 Å². The van der Waals surface area contributed by atoms with Crippen LogP contribution in [0.1, 0.15) is 25.0 Å². The zero-order chi connectivity index (χ0) is 12.7. The molecule has 88 valence electrons. The monoisotopic (exact) mass is 226 g/mol. The third-order valence-electron chi connectivity index (χ3n) is 2.99. The van der Waals surface area contributed by atoms with Gasteiger partial charge in [-0.05, 0) is 11.1 Å². The Morgan fingerprint density at radius 3 is 1.29 bits per heavy atom. The Balaban J connectivity index is 0.000000686. The van der Waals surface area contributed by atoms with Crippen LogP contribution in [0.5, 0.6) is 0 Å². The molecule has 0 spiro atoms. The third kappa shape index (κ3) is 3.04. The molecule has 1 nitrogen and oxygen atoms in total. The first-order valence-corrected chi connectivity index (χ1v) is 5.61. The summed E-state index contributed by atoms with van der Waals surface area (Å²) in [6.45, 7) is 6.52. The summed E-state index contributed by atoms with van der Waals surface area (Å²) in [6.07, 6.45) is 0. The lowest BCUT2D eigenvalue weighted by Gasteiger charge is -2.25. The van der Waals surface area contributed by atoms with E-state index in [0.29, 0.717) is 0 Å². The van der Waals surface area contributed by atoms with E-state index in [4.69, 9.17) is 4.79 Å². The average Bonchev–Trinajstić information content (AvgIpc) is 2.43. The van der Waals surface area contributed by atoms with Crippen molar-refractivity contribution in [3.63, 3.8) is 0 Å². The number of benzene rings is 2. The van der Waals surface area contributed by atoms with Crippen molar-refractivity contribution in [2.24, 2.45) is 0 Å². The normalized spacial score (nSPS) is 10.2. The van der Waals surface area contributed by atoms with Crippen LogP contribution in [0.25, 0.3) is 0 Å². The Bertz CT molecular complexity index is 390. The molecule has 2 aromatic rings. The van der Waals surface area contributed by atoms with Gasteiger partial charge < -0.3 is 4.79 Å². The first kappa shape index (κ1) is 13.2. The van der Waals surface area contributed by atoms with Crippen molar-refractivity contribution < 1.29 is 4.79 Å². The minimum atomic E-state index is 0.0858. The summed E-state index contributed by atoms with van der Waals surface area (Å²) >= 11 is 0. The Hall–Kier alpha value is -1.89. The van der Waals surface area contributed by atoms with Crippen molar-refractivity contribution in [3.8, 4) is 0 Å². The van der Waals surface area contributed by atoms with E-state index < -0.39 is 0 Å². The summed E-state index contributed by atoms with van der Waals surface area (Å²) in [5.41, 5.74) is 2.80. The lowest BCUT2D eigenvalue weighted by atomic mass is 9.78. The van der Waals surface area contributed by atoms with E-state index in [9.17, 15) is 0 Å². The Kier molecular flexibility index (Phi) is 4.65. The van der Waals surface area contributed by atoms with E-state index in [2.05, 4.69) is 74.5 Å². The van der Waals surface area contributed by atoms with Crippen LogP contribution in [0.3, 0.4) is 0 Å². The summed E-state index contributed by atoms with van der Waals surface area (Å²) in [5, 5.41) is 0. The second-order valence-corrected chi connectivity index (χ2v) is 4.36. The molecule has 0 heterocycles. The molecule has 0 amide bonds. The second-order valence-electron chi connectivity index (χ2n) is 4.36. The lowest BCUT2D eigenvalue weighted by molar-refractivity contribution is -0.0979. The zero-order valence-corrected chi connectivity index (χ0v) is 10.4. The number of hydrogen-bond donors (Lipinski definition) is 0. The van der Waals surface area contributed by atoms with Crippen LogP contribution in [0.15, 0.2) is 60.7 Å². The molecule has 0 aliphatic rings. The molecule has 0 aliphatic carbocycles. The number of carbonyl (C=O) groups excluding carboxylic acids is 1. The van der Waals surface area contributed by atoms with Crippen molar-refractivity contribution in [1.29, 1.82) is 0 Å². The lowest BCUT2D eigenvalue weighted by Crippen LogP contribution is -2.18. The Morgan fingerprint density at radius 2 is 1.00 bits per heavy atom. The number of carbonyl (C=O) groups is 1. The first-order chi connectivity index (χ1) is 8.21. The summed E-state index contributed by atoms with van der Waals surface area (Å²) in [4.78, 5) is 8.00. The van der Waals surface area contributed by atoms with Gasteiger partial charge in [0.2, 0.25) is 0 Å². The van der Waals surface area contributed by atoms with Crippen molar-refractivity contribution in [3.05, 3.63) is 71.8 Å². The highest BCUT2D eigenvalue weighted by atomic mass is 16.1. The first-order valence-electron chi connectivity index (χ1n) is 5.61. The fourth-order valence-corrected chi connectivity index (χ4v) is 1.88. The van der Waals surface area contributed by atoms with Gasteiger partial charge in [-0.3, -0.25) is 0 Å². The third-order valence-corrected chi connectivity index (χ3v) is 2.99. The maximum absolute atomic E-state index is 8.00. The van der Waals surface area contributed by atoms with Gasteiger partial charge in [0.05, 0.1) is 0 Å². The highest BCUT2D eigenvalue weighted by Gasteiger charge is 2.21. The highest BCUT2D eigenvalue weighted by Crippen LogP contribution is 2.30. The SMILES string of the molecule is C=O.CC(C)(c1ccccc1)c1ccccc1. The van der Waals surface area contributed by atoms with Crippen LogP contribution >= 0.6 is 0 Å². The maximum atomic E-state index is 8.00. The van der Waals surface area contributed by atoms with Crippen LogP contribution in [-0.2, 0) is 10.2 Å². The molecule has 1 heteroatoms. The summed E-state index contributed by atoms with van der Waals surface area (Å²) in [7, 11) is 0. The minimum absolute atomic E-state index is 0.0858. The van der Waals surface area contributed by atoms with Gasteiger partial charge in [-0.25, -0.2) is 0 Å². The topological polar surface area (TPSA) is 17.1 Å². The van der Waals surface area contributed by atoms with E-state index in [-0.39, 0.29) is 5.41 Å². The number of hydrogen-bond acceptors (Lipinski definition) is 1. The zero-order valence-electron chi connectivity index (χ0n) is 10.4. The van der Waals surface area contributed by atoms with Gasteiger partial charge in [0, 0.05) is 5.41 Å². The summed E-state index contributed by atoms with van der Waals surface area (Å²) in [6, 6.07) is 21.3. The smallest absolute Gasteiger partial charge is 0.106 e. The Labute approximate surface area is 103 Å². The van der Waals surface area contributed by atoms with E-state index in [0.717, 1.165) is 0 Å². The predicted molar refractivity (Wildman–Crippen MR) is 72.1 cm³/mol. The molecule has 0 aliphatic heterocycles. The molecular formula is C16H18O. The summed E-state index contributed by atoms with van der Waals surface area (Å²) < 4.78 is 0. The van der Waals surface area contributed by atoms with Crippen LogP contribution in [0, 0.1) is 0 Å². The molecule has 0 fully saturated rings. The van der Waals surface area contributed by atoms with Gasteiger partial charge in [0.25, 0.3) is 0 Å². The van der Waals surface area contributed by atoms with Crippen molar-refractivity contribution in [2.75, 3.05) is 0 Å². The quantitative estimate of drug-likeness (QED) is 0.760. The molecule has 2 rings (SSSR count). The minimum Gasteiger partial charge on any atom is -0.307 e. The maximum Gasteiger partial charge on any atom is 0.106 e. The fourth-order valence-electron chi connectivity index (χ4n) is 1.88. The van der Waals surface area contributed by atoms with E-state index in [1.807, 2.05) is 6.79 Å². The van der Waals surface area contributed by atoms with E-state index in [1.54, 1.807) is 0 Å². The molecule has 0 atom stereocenters. The van der Waals surface area contributed by atoms with Gasteiger partial charge >= 0.3 is 0 Å². The van der Waals surface area contributed by atoms with Gasteiger partial charge in [-0.2, -0.15) is 0 Å². The van der Waals surface area contributed by atoms with Gasteiger partial charge in [-0.15, -0.1) is 0 Å². The molecule has 0 saturated carbocycles. The van der Waals surface area contributed by atoms with Crippen LogP contribution in [0.2, 0.25) is 0 Å². The molecular weight excluding hydrogens is 208 g/mol. The van der Waals surface area contributed by atoms with Crippen LogP contribution in [-0.4, -0.2) is 6.79 Å². The van der Waals surface area contributed by atoms with Crippen LogP contribution < -0.4 is 0 Å². The predicted octanol–water partition coefficient (Wildman–Crippen LogP) is 3.83. The standard InChI is InChI=1S/C15H16.CH2O/c1-15(2,13-9-5-3-6-10-13)14-11-7-4-8-12-14;1-2/h3-12H,1-2H3;1H2. The molecule has 2 aromatic carbocycles. The van der Waals surface area contributed by atoms with Gasteiger partial charge in [0.1, 0.15) is 6.79 Å². The van der Waals surface area contributed by atoms with E-state index >= 15 is 0 Å². The van der Waals surface area contributed by atoms with Crippen molar-refractivity contribution >= 4 is 6.79 Å². The van der Waals surface area contributed by atoms with Crippen LogP contribution in [0.4, 0.5) is 0 Å². The number of rotatable bonds is 2. The largest absolute Gasteiger partial charge is 0.307 e.